The Morgan fingerprint density at radius 3 is 2.66 bits per heavy atom. The van der Waals surface area contributed by atoms with E-state index in [1.807, 2.05) is 12.1 Å². The van der Waals surface area contributed by atoms with Gasteiger partial charge >= 0.3 is 0 Å². The van der Waals surface area contributed by atoms with E-state index in [-0.39, 0.29) is 28.9 Å². The molecule has 6 nitrogen and oxygen atoms in total. The molecule has 2 aliphatic rings. The Hall–Kier alpha value is -1.91. The standard InChI is InChI=1S/C19H17BrFN3O3S2/c20-12-5-7-13(8-6-12)22-18(25)9-28-19-23-15-10-29(26,27)11-17(15)24(19)16-4-2-1-3-14(16)21/h1-8,15,17H,9-11H2,(H,22,25)/t15-,17+/m0/s1. The van der Waals surface area contributed by atoms with Crippen LogP contribution in [0.1, 0.15) is 0 Å². The summed E-state index contributed by atoms with van der Waals surface area (Å²) in [5, 5.41) is 3.26. The van der Waals surface area contributed by atoms with Crippen molar-refractivity contribution in [2.24, 2.45) is 4.99 Å². The zero-order valence-electron chi connectivity index (χ0n) is 15.1. The number of benzene rings is 2. The number of para-hydroxylation sites is 1. The molecule has 0 aliphatic carbocycles. The Kier molecular flexibility index (Phi) is 5.67. The molecule has 1 saturated heterocycles. The van der Waals surface area contributed by atoms with Crippen LogP contribution in [0.25, 0.3) is 0 Å². The van der Waals surface area contributed by atoms with Crippen molar-refractivity contribution >= 4 is 60.0 Å². The van der Waals surface area contributed by atoms with E-state index >= 15 is 0 Å². The lowest BCUT2D eigenvalue weighted by Gasteiger charge is -2.26. The van der Waals surface area contributed by atoms with E-state index in [1.54, 1.807) is 35.2 Å². The zero-order valence-corrected chi connectivity index (χ0v) is 18.3. The number of hydrogen-bond acceptors (Lipinski definition) is 6. The second-order valence-electron chi connectivity index (χ2n) is 6.79. The zero-order chi connectivity index (χ0) is 20.6. The molecule has 0 unspecified atom stereocenters. The van der Waals surface area contributed by atoms with Crippen LogP contribution in [0.5, 0.6) is 0 Å². The van der Waals surface area contributed by atoms with Crippen LogP contribution in [0.3, 0.4) is 0 Å². The molecular formula is C19H17BrFN3O3S2. The SMILES string of the molecule is O=C(CSC1=N[C@H]2CS(=O)(=O)C[C@H]2N1c1ccccc1F)Nc1ccc(Br)cc1. The molecule has 1 N–H and O–H groups in total. The van der Waals surface area contributed by atoms with Gasteiger partial charge in [-0.1, -0.05) is 39.8 Å². The van der Waals surface area contributed by atoms with Gasteiger partial charge in [-0.2, -0.15) is 0 Å². The maximum Gasteiger partial charge on any atom is 0.234 e. The van der Waals surface area contributed by atoms with E-state index in [1.165, 1.54) is 17.8 Å². The number of rotatable bonds is 4. The third kappa shape index (κ3) is 4.49. The minimum Gasteiger partial charge on any atom is -0.325 e. The fraction of sp³-hybridized carbons (Fsp3) is 0.263. The number of aliphatic imine (C=N–C) groups is 1. The van der Waals surface area contributed by atoms with Crippen LogP contribution in [0.15, 0.2) is 58.0 Å². The van der Waals surface area contributed by atoms with Crippen LogP contribution in [0.4, 0.5) is 15.8 Å². The van der Waals surface area contributed by atoms with Gasteiger partial charge in [0, 0.05) is 10.2 Å². The summed E-state index contributed by atoms with van der Waals surface area (Å²) in [6.45, 7) is 0. The first-order valence-electron chi connectivity index (χ1n) is 8.82. The van der Waals surface area contributed by atoms with Crippen LogP contribution < -0.4 is 10.2 Å². The molecule has 2 atom stereocenters. The number of nitrogens with one attached hydrogen (secondary N) is 1. The van der Waals surface area contributed by atoms with Gasteiger partial charge in [-0.05, 0) is 36.4 Å². The third-order valence-corrected chi connectivity index (χ3v) is 7.87. The first kappa shape index (κ1) is 20.4. The summed E-state index contributed by atoms with van der Waals surface area (Å²) in [5.74, 6) is -0.739. The number of thioether (sulfide) groups is 1. The third-order valence-electron chi connectivity index (χ3n) is 4.68. The summed E-state index contributed by atoms with van der Waals surface area (Å²) < 4.78 is 39.4. The Balaban J connectivity index is 1.51. The van der Waals surface area contributed by atoms with Gasteiger partial charge in [0.1, 0.15) is 5.82 Å². The smallest absolute Gasteiger partial charge is 0.234 e. The molecule has 0 spiro atoms. The van der Waals surface area contributed by atoms with Crippen molar-refractivity contribution in [1.29, 1.82) is 0 Å². The number of anilines is 2. The second kappa shape index (κ2) is 8.08. The number of halogens is 2. The van der Waals surface area contributed by atoms with Crippen molar-refractivity contribution in [3.05, 3.63) is 58.8 Å². The van der Waals surface area contributed by atoms with Crippen LogP contribution in [0, 0.1) is 5.82 Å². The van der Waals surface area contributed by atoms with Crippen molar-refractivity contribution in [2.75, 3.05) is 27.5 Å². The highest BCUT2D eigenvalue weighted by Gasteiger charge is 2.47. The first-order valence-corrected chi connectivity index (χ1v) is 12.4. The molecule has 2 aromatic rings. The number of amidine groups is 1. The highest BCUT2D eigenvalue weighted by Crippen LogP contribution is 2.36. The topological polar surface area (TPSA) is 78.8 Å². The Morgan fingerprint density at radius 1 is 1.21 bits per heavy atom. The van der Waals surface area contributed by atoms with Gasteiger partial charge in [0.25, 0.3) is 0 Å². The minimum absolute atomic E-state index is 0.0578. The molecule has 0 radical (unpaired) electrons. The fourth-order valence-electron chi connectivity index (χ4n) is 3.42. The molecule has 1 fully saturated rings. The molecule has 0 saturated carbocycles. The van der Waals surface area contributed by atoms with Gasteiger partial charge in [-0.15, -0.1) is 0 Å². The van der Waals surface area contributed by atoms with E-state index in [9.17, 15) is 17.6 Å². The maximum atomic E-state index is 14.4. The average Bonchev–Trinajstić information content (AvgIpc) is 3.13. The van der Waals surface area contributed by atoms with E-state index in [2.05, 4.69) is 26.2 Å². The second-order valence-corrected chi connectivity index (χ2v) is 10.8. The molecule has 10 heteroatoms. The average molecular weight is 498 g/mol. The van der Waals surface area contributed by atoms with E-state index in [0.29, 0.717) is 10.9 Å². The molecule has 0 bridgehead atoms. The van der Waals surface area contributed by atoms with Crippen LogP contribution in [0.2, 0.25) is 0 Å². The van der Waals surface area contributed by atoms with Crippen molar-refractivity contribution in [3.63, 3.8) is 0 Å². The highest BCUT2D eigenvalue weighted by atomic mass is 79.9. The lowest BCUT2D eigenvalue weighted by Crippen LogP contribution is -2.40. The summed E-state index contributed by atoms with van der Waals surface area (Å²) >= 11 is 4.52. The summed E-state index contributed by atoms with van der Waals surface area (Å²) in [6, 6.07) is 12.5. The molecular weight excluding hydrogens is 481 g/mol. The minimum atomic E-state index is -3.22. The first-order chi connectivity index (χ1) is 13.8. The summed E-state index contributed by atoms with van der Waals surface area (Å²) in [5.41, 5.74) is 0.942. The molecule has 1 amide bonds. The van der Waals surface area contributed by atoms with Crippen molar-refractivity contribution in [3.8, 4) is 0 Å². The Labute approximate surface area is 180 Å². The van der Waals surface area contributed by atoms with Gasteiger partial charge in [-0.25, -0.2) is 12.8 Å². The molecule has 29 heavy (non-hydrogen) atoms. The number of nitrogens with zero attached hydrogens (tertiary/aromatic N) is 2. The normalized spacial score (nSPS) is 22.3. The molecule has 4 rings (SSSR count). The number of carbonyl (C=O) groups is 1. The Bertz CT molecular complexity index is 1080. The van der Waals surface area contributed by atoms with Crippen molar-refractivity contribution in [1.82, 2.24) is 0 Å². The predicted molar refractivity (Wildman–Crippen MR) is 118 cm³/mol. The summed E-state index contributed by atoms with van der Waals surface area (Å²) in [4.78, 5) is 18.5. The highest BCUT2D eigenvalue weighted by molar-refractivity contribution is 9.10. The molecule has 0 aromatic heterocycles. The maximum absolute atomic E-state index is 14.4. The number of carbonyl (C=O) groups excluding carboxylic acids is 1. The molecule has 2 aliphatic heterocycles. The van der Waals surface area contributed by atoms with E-state index in [4.69, 9.17) is 0 Å². The number of fused-ring (bicyclic) bond motifs is 1. The molecule has 2 aromatic carbocycles. The van der Waals surface area contributed by atoms with Crippen molar-refractivity contribution in [2.45, 2.75) is 12.1 Å². The quantitative estimate of drug-likeness (QED) is 0.700. The van der Waals surface area contributed by atoms with E-state index < -0.39 is 27.7 Å². The largest absolute Gasteiger partial charge is 0.325 e. The summed E-state index contributed by atoms with van der Waals surface area (Å²) in [7, 11) is -3.22. The van der Waals surface area contributed by atoms with Gasteiger partial charge in [-0.3, -0.25) is 9.79 Å². The monoisotopic (exact) mass is 497 g/mol. The number of hydrogen-bond donors (Lipinski definition) is 1. The molecule has 2 heterocycles. The van der Waals surface area contributed by atoms with Gasteiger partial charge in [0.2, 0.25) is 5.91 Å². The predicted octanol–water partition coefficient (Wildman–Crippen LogP) is 3.30. The van der Waals surface area contributed by atoms with Crippen LogP contribution >= 0.6 is 27.7 Å². The Morgan fingerprint density at radius 2 is 1.93 bits per heavy atom. The van der Waals surface area contributed by atoms with Gasteiger partial charge in [0.15, 0.2) is 15.0 Å². The van der Waals surface area contributed by atoms with Gasteiger partial charge < -0.3 is 10.2 Å². The molecule has 152 valence electrons. The van der Waals surface area contributed by atoms with Crippen LogP contribution in [-0.4, -0.2) is 48.8 Å². The summed E-state index contributed by atoms with van der Waals surface area (Å²) in [6.07, 6.45) is 0. The van der Waals surface area contributed by atoms with Crippen molar-refractivity contribution < 1.29 is 17.6 Å². The van der Waals surface area contributed by atoms with E-state index in [0.717, 1.165) is 4.47 Å². The number of sulfone groups is 1. The fourth-order valence-corrected chi connectivity index (χ4v) is 6.45. The number of amides is 1. The lowest BCUT2D eigenvalue weighted by atomic mass is 10.1. The lowest BCUT2D eigenvalue weighted by molar-refractivity contribution is -0.113. The van der Waals surface area contributed by atoms with Gasteiger partial charge in [0.05, 0.1) is 35.0 Å². The van der Waals surface area contributed by atoms with Crippen LogP contribution in [-0.2, 0) is 14.6 Å².